The van der Waals surface area contributed by atoms with E-state index in [0.717, 1.165) is 22.6 Å². The smallest absolute Gasteiger partial charge is 0.0503 e. The zero-order valence-electron chi connectivity index (χ0n) is 9.81. The van der Waals surface area contributed by atoms with Crippen molar-refractivity contribution in [2.75, 3.05) is 6.61 Å². The van der Waals surface area contributed by atoms with Crippen LogP contribution in [0.2, 0.25) is 10.0 Å². The van der Waals surface area contributed by atoms with Crippen molar-refractivity contribution in [2.45, 2.75) is 12.3 Å². The van der Waals surface area contributed by atoms with Crippen LogP contribution in [-0.2, 0) is 6.42 Å². The average molecular weight is 281 g/mol. The Labute approximate surface area is 117 Å². The topological polar surface area (TPSA) is 20.2 Å². The molecule has 2 aromatic rings. The van der Waals surface area contributed by atoms with Crippen LogP contribution in [0.3, 0.4) is 0 Å². The third-order valence-corrected chi connectivity index (χ3v) is 3.56. The van der Waals surface area contributed by atoms with Crippen LogP contribution < -0.4 is 0 Å². The maximum Gasteiger partial charge on any atom is 0.0503 e. The standard InChI is InChI=1S/C15H14Cl2O/c16-13-7-5-11(6-8-13)9-12(10-18)14-3-1-2-4-15(14)17/h1-8,12,18H,9-10H2/t12-/m0/s1. The third kappa shape index (κ3) is 3.26. The van der Waals surface area contributed by atoms with Gasteiger partial charge in [0, 0.05) is 16.0 Å². The van der Waals surface area contributed by atoms with Gasteiger partial charge in [0.05, 0.1) is 6.61 Å². The lowest BCUT2D eigenvalue weighted by molar-refractivity contribution is 0.264. The highest BCUT2D eigenvalue weighted by atomic mass is 35.5. The van der Waals surface area contributed by atoms with Crippen LogP contribution in [0.4, 0.5) is 0 Å². The first-order chi connectivity index (χ1) is 8.70. The molecule has 0 fully saturated rings. The minimum Gasteiger partial charge on any atom is -0.396 e. The van der Waals surface area contributed by atoms with Gasteiger partial charge in [-0.1, -0.05) is 53.5 Å². The predicted octanol–water partition coefficient (Wildman–Crippen LogP) is 4.31. The summed E-state index contributed by atoms with van der Waals surface area (Å²) in [5, 5.41) is 11.0. The highest BCUT2D eigenvalue weighted by molar-refractivity contribution is 6.31. The molecule has 0 unspecified atom stereocenters. The normalized spacial score (nSPS) is 12.4. The molecule has 1 N–H and O–H groups in total. The molecule has 1 atom stereocenters. The Bertz CT molecular complexity index is 508. The van der Waals surface area contributed by atoms with Crippen LogP contribution >= 0.6 is 23.2 Å². The summed E-state index contributed by atoms with van der Waals surface area (Å²) in [6, 6.07) is 15.3. The highest BCUT2D eigenvalue weighted by Crippen LogP contribution is 2.27. The lowest BCUT2D eigenvalue weighted by Crippen LogP contribution is -2.08. The van der Waals surface area contributed by atoms with Crippen molar-refractivity contribution >= 4 is 23.2 Å². The molecule has 0 radical (unpaired) electrons. The van der Waals surface area contributed by atoms with Crippen molar-refractivity contribution in [3.8, 4) is 0 Å². The quantitative estimate of drug-likeness (QED) is 0.885. The number of aliphatic hydroxyl groups is 1. The maximum atomic E-state index is 9.54. The Kier molecular flexibility index (Phi) is 4.65. The molecular weight excluding hydrogens is 267 g/mol. The monoisotopic (exact) mass is 280 g/mol. The largest absolute Gasteiger partial charge is 0.396 e. The minimum atomic E-state index is 0.0138. The van der Waals surface area contributed by atoms with E-state index in [1.807, 2.05) is 48.5 Å². The first kappa shape index (κ1) is 13.4. The van der Waals surface area contributed by atoms with Gasteiger partial charge in [-0.3, -0.25) is 0 Å². The van der Waals surface area contributed by atoms with Gasteiger partial charge in [0.25, 0.3) is 0 Å². The fourth-order valence-electron chi connectivity index (χ4n) is 1.98. The van der Waals surface area contributed by atoms with E-state index in [1.165, 1.54) is 0 Å². The first-order valence-corrected chi connectivity index (χ1v) is 6.56. The van der Waals surface area contributed by atoms with Gasteiger partial charge < -0.3 is 5.11 Å². The number of hydrogen-bond acceptors (Lipinski definition) is 1. The first-order valence-electron chi connectivity index (χ1n) is 5.80. The molecule has 94 valence electrons. The van der Waals surface area contributed by atoms with Gasteiger partial charge in [-0.2, -0.15) is 0 Å². The molecule has 0 heterocycles. The van der Waals surface area contributed by atoms with E-state index in [-0.39, 0.29) is 12.5 Å². The van der Waals surface area contributed by atoms with Gasteiger partial charge in [0.2, 0.25) is 0 Å². The second-order valence-electron chi connectivity index (χ2n) is 4.23. The van der Waals surface area contributed by atoms with Crippen LogP contribution in [0.15, 0.2) is 48.5 Å². The van der Waals surface area contributed by atoms with E-state index < -0.39 is 0 Å². The lowest BCUT2D eigenvalue weighted by Gasteiger charge is -2.16. The van der Waals surface area contributed by atoms with Crippen molar-refractivity contribution in [3.63, 3.8) is 0 Å². The van der Waals surface area contributed by atoms with Crippen LogP contribution in [0.5, 0.6) is 0 Å². The highest BCUT2D eigenvalue weighted by Gasteiger charge is 2.14. The van der Waals surface area contributed by atoms with Crippen LogP contribution in [0.25, 0.3) is 0 Å². The fraction of sp³-hybridized carbons (Fsp3) is 0.200. The summed E-state index contributed by atoms with van der Waals surface area (Å²) in [6.07, 6.45) is 0.747. The zero-order chi connectivity index (χ0) is 13.0. The van der Waals surface area contributed by atoms with E-state index in [0.29, 0.717) is 5.02 Å². The molecule has 3 heteroatoms. The molecule has 0 aliphatic heterocycles. The van der Waals surface area contributed by atoms with Crippen molar-refractivity contribution < 1.29 is 5.11 Å². The summed E-state index contributed by atoms with van der Waals surface area (Å²) in [4.78, 5) is 0. The van der Waals surface area contributed by atoms with Gasteiger partial charge in [-0.15, -0.1) is 0 Å². The Morgan fingerprint density at radius 3 is 2.22 bits per heavy atom. The van der Waals surface area contributed by atoms with Gasteiger partial charge in [0.15, 0.2) is 0 Å². The van der Waals surface area contributed by atoms with E-state index in [2.05, 4.69) is 0 Å². The van der Waals surface area contributed by atoms with E-state index in [9.17, 15) is 5.11 Å². The number of rotatable bonds is 4. The molecule has 0 saturated heterocycles. The van der Waals surface area contributed by atoms with Crippen molar-refractivity contribution in [1.29, 1.82) is 0 Å². The van der Waals surface area contributed by atoms with Crippen molar-refractivity contribution in [2.24, 2.45) is 0 Å². The van der Waals surface area contributed by atoms with E-state index in [1.54, 1.807) is 0 Å². The van der Waals surface area contributed by atoms with Crippen LogP contribution in [0.1, 0.15) is 17.0 Å². The summed E-state index contributed by atoms with van der Waals surface area (Å²) < 4.78 is 0. The van der Waals surface area contributed by atoms with Crippen molar-refractivity contribution in [1.82, 2.24) is 0 Å². The minimum absolute atomic E-state index is 0.0138. The molecule has 0 saturated carbocycles. The second kappa shape index (κ2) is 6.24. The zero-order valence-corrected chi connectivity index (χ0v) is 11.3. The van der Waals surface area contributed by atoms with Gasteiger partial charge in [-0.05, 0) is 35.7 Å². The van der Waals surface area contributed by atoms with Gasteiger partial charge in [0.1, 0.15) is 0 Å². The summed E-state index contributed by atoms with van der Waals surface area (Å²) in [5.41, 5.74) is 2.12. The SMILES string of the molecule is OC[C@H](Cc1ccc(Cl)cc1)c1ccccc1Cl. The number of halogens is 2. The lowest BCUT2D eigenvalue weighted by atomic mass is 9.93. The molecule has 2 aromatic carbocycles. The summed E-state index contributed by atoms with van der Waals surface area (Å²) >= 11 is 12.0. The number of aliphatic hydroxyl groups excluding tert-OH is 1. The van der Waals surface area contributed by atoms with Gasteiger partial charge >= 0.3 is 0 Å². The summed E-state index contributed by atoms with van der Waals surface area (Å²) in [5.74, 6) is 0.0138. The van der Waals surface area contributed by atoms with Crippen LogP contribution in [-0.4, -0.2) is 11.7 Å². The van der Waals surface area contributed by atoms with Crippen molar-refractivity contribution in [3.05, 3.63) is 69.7 Å². The maximum absolute atomic E-state index is 9.54. The molecule has 0 amide bonds. The molecule has 1 nitrogen and oxygen atoms in total. The second-order valence-corrected chi connectivity index (χ2v) is 5.08. The average Bonchev–Trinajstić information content (AvgIpc) is 2.39. The molecule has 0 aromatic heterocycles. The Balaban J connectivity index is 2.20. The van der Waals surface area contributed by atoms with E-state index >= 15 is 0 Å². The Morgan fingerprint density at radius 2 is 1.61 bits per heavy atom. The van der Waals surface area contributed by atoms with E-state index in [4.69, 9.17) is 23.2 Å². The molecule has 0 aliphatic carbocycles. The molecule has 0 aliphatic rings. The van der Waals surface area contributed by atoms with Gasteiger partial charge in [-0.25, -0.2) is 0 Å². The molecule has 2 rings (SSSR count). The summed E-state index contributed by atoms with van der Waals surface area (Å²) in [6.45, 7) is 0.0758. The molecular formula is C15H14Cl2O. The number of hydrogen-bond donors (Lipinski definition) is 1. The Morgan fingerprint density at radius 1 is 0.944 bits per heavy atom. The van der Waals surface area contributed by atoms with Crippen LogP contribution in [0, 0.1) is 0 Å². The molecule has 0 bridgehead atoms. The fourth-order valence-corrected chi connectivity index (χ4v) is 2.40. The Hall–Kier alpha value is -1.02. The summed E-state index contributed by atoms with van der Waals surface area (Å²) in [7, 11) is 0. The third-order valence-electron chi connectivity index (χ3n) is 2.96. The number of benzene rings is 2. The molecule has 0 spiro atoms. The molecule has 18 heavy (non-hydrogen) atoms. The predicted molar refractivity (Wildman–Crippen MR) is 76.4 cm³/mol.